The molecule has 0 N–H and O–H groups in total. The normalized spacial score (nSPS) is 10.2. The van der Waals surface area contributed by atoms with Gasteiger partial charge in [-0.3, -0.25) is 4.79 Å². The average Bonchev–Trinajstić information content (AvgIpc) is 2.45. The number of aryl methyl sites for hydroxylation is 1. The highest BCUT2D eigenvalue weighted by Gasteiger charge is 2.15. The molecule has 0 aliphatic rings. The molecule has 0 amide bonds. The first-order valence-electron chi connectivity index (χ1n) is 6.17. The Kier molecular flexibility index (Phi) is 4.64. The lowest BCUT2D eigenvalue weighted by Crippen LogP contribution is -2.01. The molecule has 0 aliphatic heterocycles. The second-order valence-corrected chi connectivity index (χ2v) is 4.71. The molecule has 0 atom stereocenters. The predicted molar refractivity (Wildman–Crippen MR) is 78.7 cm³/mol. The number of hydrogen-bond acceptors (Lipinski definition) is 3. The Morgan fingerprint density at radius 1 is 1.20 bits per heavy atom. The number of ether oxygens (including phenoxy) is 2. The van der Waals surface area contributed by atoms with Crippen molar-refractivity contribution in [2.45, 2.75) is 13.5 Å². The average molecular weight is 291 g/mol. The van der Waals surface area contributed by atoms with Gasteiger partial charge in [0.15, 0.2) is 0 Å². The molecule has 3 nitrogen and oxygen atoms in total. The zero-order valence-corrected chi connectivity index (χ0v) is 12.1. The first-order chi connectivity index (χ1) is 9.61. The third-order valence-corrected chi connectivity index (χ3v) is 3.13. The van der Waals surface area contributed by atoms with Crippen molar-refractivity contribution in [2.24, 2.45) is 0 Å². The molecule has 2 rings (SSSR count). The van der Waals surface area contributed by atoms with Gasteiger partial charge < -0.3 is 9.47 Å². The highest BCUT2D eigenvalue weighted by Crippen LogP contribution is 2.30. The van der Waals surface area contributed by atoms with Crippen LogP contribution in [0, 0.1) is 6.92 Å². The van der Waals surface area contributed by atoms with Gasteiger partial charge in [0.05, 0.1) is 12.7 Å². The van der Waals surface area contributed by atoms with E-state index in [1.165, 1.54) is 7.11 Å². The van der Waals surface area contributed by atoms with Gasteiger partial charge in [-0.25, -0.2) is 0 Å². The van der Waals surface area contributed by atoms with E-state index in [9.17, 15) is 4.79 Å². The van der Waals surface area contributed by atoms with Gasteiger partial charge in [-0.15, -0.1) is 0 Å². The fourth-order valence-electron chi connectivity index (χ4n) is 1.96. The van der Waals surface area contributed by atoms with Crippen molar-refractivity contribution >= 4 is 16.8 Å². The summed E-state index contributed by atoms with van der Waals surface area (Å²) < 4.78 is 10.9. The summed E-state index contributed by atoms with van der Waals surface area (Å²) in [6.07, 6.45) is 0. The molecule has 2 aromatic carbocycles. The van der Waals surface area contributed by atoms with E-state index in [0.29, 0.717) is 23.7 Å². The molecule has 0 heterocycles. The lowest BCUT2D eigenvalue weighted by Gasteiger charge is -2.12. The molecular weight excluding hydrogens is 276 g/mol. The van der Waals surface area contributed by atoms with E-state index in [4.69, 9.17) is 21.1 Å². The van der Waals surface area contributed by atoms with E-state index >= 15 is 0 Å². The molecule has 4 heteroatoms. The zero-order chi connectivity index (χ0) is 14.5. The van der Waals surface area contributed by atoms with Gasteiger partial charge in [-0.2, -0.15) is 0 Å². The Morgan fingerprint density at radius 3 is 2.50 bits per heavy atom. The van der Waals surface area contributed by atoms with Crippen LogP contribution in [0.25, 0.3) is 0 Å². The van der Waals surface area contributed by atoms with Crippen molar-refractivity contribution in [2.75, 3.05) is 7.11 Å². The van der Waals surface area contributed by atoms with E-state index in [0.717, 1.165) is 11.1 Å². The summed E-state index contributed by atoms with van der Waals surface area (Å²) in [5.41, 5.74) is 2.18. The highest BCUT2D eigenvalue weighted by atomic mass is 35.5. The maximum Gasteiger partial charge on any atom is 0.256 e. The summed E-state index contributed by atoms with van der Waals surface area (Å²) in [5, 5.41) is -0.533. The minimum atomic E-state index is -0.533. The molecule has 0 unspecified atom stereocenters. The van der Waals surface area contributed by atoms with Gasteiger partial charge >= 0.3 is 0 Å². The lowest BCUT2D eigenvalue weighted by molar-refractivity contribution is 0.107. The number of benzene rings is 2. The standard InChI is InChI=1S/C16H15ClO3/c1-11-8-13(9-14(19-2)15(11)16(17)18)20-10-12-6-4-3-5-7-12/h3-9H,10H2,1-2H3. The summed E-state index contributed by atoms with van der Waals surface area (Å²) in [5.74, 6) is 1.07. The van der Waals surface area contributed by atoms with E-state index < -0.39 is 5.24 Å². The van der Waals surface area contributed by atoms with Crippen molar-refractivity contribution in [1.29, 1.82) is 0 Å². The monoisotopic (exact) mass is 290 g/mol. The van der Waals surface area contributed by atoms with Gasteiger partial charge in [0.1, 0.15) is 18.1 Å². The summed E-state index contributed by atoms with van der Waals surface area (Å²) in [6, 6.07) is 13.3. The Bertz CT molecular complexity index is 609. The summed E-state index contributed by atoms with van der Waals surface area (Å²) >= 11 is 5.56. The van der Waals surface area contributed by atoms with Crippen LogP contribution < -0.4 is 9.47 Å². The van der Waals surface area contributed by atoms with Crippen molar-refractivity contribution in [1.82, 2.24) is 0 Å². The van der Waals surface area contributed by atoms with E-state index in [1.807, 2.05) is 30.3 Å². The second kappa shape index (κ2) is 6.44. The van der Waals surface area contributed by atoms with Crippen molar-refractivity contribution in [3.05, 3.63) is 59.2 Å². The summed E-state index contributed by atoms with van der Waals surface area (Å²) in [7, 11) is 1.50. The van der Waals surface area contributed by atoms with Crippen LogP contribution in [0.1, 0.15) is 21.5 Å². The third-order valence-electron chi connectivity index (χ3n) is 2.94. The van der Waals surface area contributed by atoms with Crippen LogP contribution in [0.4, 0.5) is 0 Å². The molecule has 0 saturated carbocycles. The van der Waals surface area contributed by atoms with E-state index in [-0.39, 0.29) is 0 Å². The quantitative estimate of drug-likeness (QED) is 0.782. The van der Waals surface area contributed by atoms with Crippen LogP contribution >= 0.6 is 11.6 Å². The van der Waals surface area contributed by atoms with Crippen LogP contribution in [0.15, 0.2) is 42.5 Å². The molecule has 0 fully saturated rings. The third kappa shape index (κ3) is 3.31. The first kappa shape index (κ1) is 14.4. The summed E-state index contributed by atoms with van der Waals surface area (Å²) in [4.78, 5) is 11.4. The van der Waals surface area contributed by atoms with Gasteiger partial charge in [0.2, 0.25) is 0 Å². The fourth-order valence-corrected chi connectivity index (χ4v) is 2.20. The van der Waals surface area contributed by atoms with Crippen LogP contribution in [0.3, 0.4) is 0 Å². The van der Waals surface area contributed by atoms with Gasteiger partial charge in [0.25, 0.3) is 5.24 Å². The maximum absolute atomic E-state index is 11.4. The minimum Gasteiger partial charge on any atom is -0.496 e. The van der Waals surface area contributed by atoms with Crippen LogP contribution in [0.5, 0.6) is 11.5 Å². The van der Waals surface area contributed by atoms with Crippen LogP contribution in [-0.4, -0.2) is 12.4 Å². The number of rotatable bonds is 5. The zero-order valence-electron chi connectivity index (χ0n) is 11.4. The largest absolute Gasteiger partial charge is 0.496 e. The predicted octanol–water partition coefficient (Wildman–Crippen LogP) is 3.96. The topological polar surface area (TPSA) is 35.5 Å². The molecule has 104 valence electrons. The fraction of sp³-hybridized carbons (Fsp3) is 0.188. The summed E-state index contributed by atoms with van der Waals surface area (Å²) in [6.45, 7) is 2.26. The molecule has 0 aromatic heterocycles. The number of carbonyl (C=O) groups is 1. The molecule has 0 saturated heterocycles. The minimum absolute atomic E-state index is 0.376. The molecule has 0 bridgehead atoms. The first-order valence-corrected chi connectivity index (χ1v) is 6.55. The van der Waals surface area contributed by atoms with Crippen molar-refractivity contribution < 1.29 is 14.3 Å². The Hall–Kier alpha value is -2.00. The number of halogens is 1. The van der Waals surface area contributed by atoms with Gasteiger partial charge in [-0.1, -0.05) is 30.3 Å². The number of carbonyl (C=O) groups excluding carboxylic acids is 1. The molecule has 20 heavy (non-hydrogen) atoms. The van der Waals surface area contributed by atoms with Crippen molar-refractivity contribution in [3.63, 3.8) is 0 Å². The van der Waals surface area contributed by atoms with Gasteiger partial charge in [0, 0.05) is 6.07 Å². The molecule has 2 aromatic rings. The van der Waals surface area contributed by atoms with E-state index in [1.54, 1.807) is 19.1 Å². The SMILES string of the molecule is COc1cc(OCc2ccccc2)cc(C)c1C(=O)Cl. The number of hydrogen-bond donors (Lipinski definition) is 0. The number of methoxy groups -OCH3 is 1. The smallest absolute Gasteiger partial charge is 0.256 e. The molecule has 0 spiro atoms. The van der Waals surface area contributed by atoms with Crippen LogP contribution in [-0.2, 0) is 6.61 Å². The van der Waals surface area contributed by atoms with Crippen LogP contribution in [0.2, 0.25) is 0 Å². The lowest BCUT2D eigenvalue weighted by atomic mass is 10.1. The van der Waals surface area contributed by atoms with Gasteiger partial charge in [-0.05, 0) is 35.7 Å². The molecule has 0 radical (unpaired) electrons. The van der Waals surface area contributed by atoms with Crippen molar-refractivity contribution in [3.8, 4) is 11.5 Å². The molecular formula is C16H15ClO3. The molecule has 0 aliphatic carbocycles. The Labute approximate surface area is 123 Å². The highest BCUT2D eigenvalue weighted by molar-refractivity contribution is 6.68. The maximum atomic E-state index is 11.4. The Balaban J connectivity index is 2.21. The Morgan fingerprint density at radius 2 is 1.90 bits per heavy atom. The second-order valence-electron chi connectivity index (χ2n) is 4.37. The van der Waals surface area contributed by atoms with E-state index in [2.05, 4.69) is 0 Å².